The molecular formula is C26H32N4O4S2. The fraction of sp³-hybridized carbons (Fsp3) is 0.308. The quantitative estimate of drug-likeness (QED) is 0.271. The summed E-state index contributed by atoms with van der Waals surface area (Å²) in [6, 6.07) is 15.2. The molecule has 0 atom stereocenters. The van der Waals surface area contributed by atoms with E-state index >= 15 is 0 Å². The van der Waals surface area contributed by atoms with Crippen molar-refractivity contribution >= 4 is 43.8 Å². The van der Waals surface area contributed by atoms with Gasteiger partial charge in [-0.15, -0.1) is 11.3 Å². The third-order valence-corrected chi connectivity index (χ3v) is 6.68. The summed E-state index contributed by atoms with van der Waals surface area (Å²) in [6.07, 6.45) is 1.14. The molecule has 4 rings (SSSR count). The van der Waals surface area contributed by atoms with Crippen molar-refractivity contribution in [2.45, 2.75) is 34.2 Å². The van der Waals surface area contributed by atoms with E-state index in [4.69, 9.17) is 9.47 Å². The van der Waals surface area contributed by atoms with Gasteiger partial charge in [0.15, 0.2) is 11.5 Å². The summed E-state index contributed by atoms with van der Waals surface area (Å²) >= 11 is 1.63. The van der Waals surface area contributed by atoms with Crippen molar-refractivity contribution in [1.29, 1.82) is 0 Å². The van der Waals surface area contributed by atoms with E-state index in [9.17, 15) is 8.42 Å². The van der Waals surface area contributed by atoms with Gasteiger partial charge in [0.25, 0.3) is 0 Å². The molecule has 2 N–H and O–H groups in total. The fourth-order valence-corrected chi connectivity index (χ4v) is 5.06. The molecule has 0 bridgehead atoms. The molecule has 0 fully saturated rings. The topological polar surface area (TPSA) is 102 Å². The number of methoxy groups -OCH3 is 1. The van der Waals surface area contributed by atoms with Crippen LogP contribution in [0.15, 0.2) is 48.5 Å². The molecule has 0 spiro atoms. The van der Waals surface area contributed by atoms with Gasteiger partial charge in [0.1, 0.15) is 11.6 Å². The second kappa shape index (κ2) is 12.0. The van der Waals surface area contributed by atoms with Gasteiger partial charge in [0, 0.05) is 26.9 Å². The van der Waals surface area contributed by atoms with E-state index in [1.54, 1.807) is 24.5 Å². The van der Waals surface area contributed by atoms with E-state index in [-0.39, 0.29) is 0 Å². The van der Waals surface area contributed by atoms with E-state index in [1.807, 2.05) is 70.2 Å². The van der Waals surface area contributed by atoms with Gasteiger partial charge in [-0.05, 0) is 49.7 Å². The van der Waals surface area contributed by atoms with Crippen molar-refractivity contribution in [1.82, 2.24) is 9.97 Å². The number of ether oxygens (including phenoxy) is 2. The van der Waals surface area contributed by atoms with Crippen molar-refractivity contribution < 1.29 is 17.9 Å². The standard InChI is InChI=1S/C24H26N4O4S2.C2H6/c1-5-32-22-13-20-19(12-21(22)31-3)24(27-15(2)26-20)25-14-18-9-10-23(33-18)16-7-6-8-17(11-16)28-34(4,29)30;1-2/h6-13,28H,5,14H2,1-4H3,(H,25,26,27);1-2H3. The zero-order chi connectivity index (χ0) is 26.3. The summed E-state index contributed by atoms with van der Waals surface area (Å²) in [7, 11) is -1.72. The van der Waals surface area contributed by atoms with Gasteiger partial charge < -0.3 is 14.8 Å². The Morgan fingerprint density at radius 2 is 1.81 bits per heavy atom. The molecule has 0 aliphatic heterocycles. The lowest BCUT2D eigenvalue weighted by Crippen LogP contribution is -2.09. The molecule has 0 radical (unpaired) electrons. The van der Waals surface area contributed by atoms with E-state index in [0.29, 0.717) is 36.2 Å². The number of benzene rings is 2. The van der Waals surface area contributed by atoms with Gasteiger partial charge in [-0.1, -0.05) is 26.0 Å². The van der Waals surface area contributed by atoms with E-state index in [2.05, 4.69) is 20.0 Å². The number of fused-ring (bicyclic) bond motifs is 1. The number of sulfonamides is 1. The lowest BCUT2D eigenvalue weighted by molar-refractivity contribution is 0.311. The number of hydrogen-bond donors (Lipinski definition) is 2. The van der Waals surface area contributed by atoms with Gasteiger partial charge >= 0.3 is 0 Å². The Labute approximate surface area is 216 Å². The van der Waals surface area contributed by atoms with Crippen LogP contribution in [-0.2, 0) is 16.6 Å². The van der Waals surface area contributed by atoms with Crippen molar-refractivity contribution in [3.63, 3.8) is 0 Å². The number of aromatic nitrogens is 2. The summed E-state index contributed by atoms with van der Waals surface area (Å²) in [6.45, 7) is 8.89. The van der Waals surface area contributed by atoms with E-state index in [0.717, 1.165) is 38.3 Å². The Morgan fingerprint density at radius 1 is 1.03 bits per heavy atom. The van der Waals surface area contributed by atoms with Crippen LogP contribution in [0.25, 0.3) is 21.3 Å². The zero-order valence-corrected chi connectivity index (χ0v) is 23.0. The van der Waals surface area contributed by atoms with Crippen molar-refractivity contribution in [2.75, 3.05) is 30.0 Å². The molecule has 0 aliphatic rings. The lowest BCUT2D eigenvalue weighted by atomic mass is 10.2. The Hall–Kier alpha value is -3.37. The fourth-order valence-electron chi connectivity index (χ4n) is 3.56. The van der Waals surface area contributed by atoms with Crippen LogP contribution in [0.4, 0.5) is 11.5 Å². The smallest absolute Gasteiger partial charge is 0.229 e. The molecule has 0 saturated heterocycles. The lowest BCUT2D eigenvalue weighted by Gasteiger charge is -2.13. The first-order valence-electron chi connectivity index (χ1n) is 11.7. The summed E-state index contributed by atoms with van der Waals surface area (Å²) in [5, 5.41) is 4.28. The first-order valence-corrected chi connectivity index (χ1v) is 14.4. The predicted octanol–water partition coefficient (Wildman–Crippen LogP) is 6.08. The molecule has 0 amide bonds. The average molecular weight is 529 g/mol. The second-order valence-corrected chi connectivity index (χ2v) is 10.6. The number of nitrogens with one attached hydrogen (secondary N) is 2. The van der Waals surface area contributed by atoms with Crippen LogP contribution in [0.3, 0.4) is 0 Å². The van der Waals surface area contributed by atoms with Crippen LogP contribution in [-0.4, -0.2) is 38.4 Å². The van der Waals surface area contributed by atoms with Crippen LogP contribution in [0.1, 0.15) is 31.5 Å². The van der Waals surface area contributed by atoms with Crippen LogP contribution in [0.5, 0.6) is 11.5 Å². The van der Waals surface area contributed by atoms with Gasteiger partial charge in [-0.25, -0.2) is 18.4 Å². The Morgan fingerprint density at radius 3 is 2.50 bits per heavy atom. The molecule has 2 aromatic heterocycles. The summed E-state index contributed by atoms with van der Waals surface area (Å²) in [5.41, 5.74) is 2.26. The molecule has 2 heterocycles. The third-order valence-electron chi connectivity index (χ3n) is 4.93. The Bertz CT molecular complexity index is 1440. The number of nitrogens with zero attached hydrogens (tertiary/aromatic N) is 2. The third kappa shape index (κ3) is 6.86. The first-order chi connectivity index (χ1) is 17.3. The highest BCUT2D eigenvalue weighted by molar-refractivity contribution is 7.92. The Kier molecular flexibility index (Phi) is 9.11. The maximum absolute atomic E-state index is 11.5. The molecule has 0 saturated carbocycles. The van der Waals surface area contributed by atoms with Crippen LogP contribution < -0.4 is 19.5 Å². The number of anilines is 2. The highest BCUT2D eigenvalue weighted by Gasteiger charge is 2.13. The minimum Gasteiger partial charge on any atom is -0.493 e. The minimum absolute atomic E-state index is 0.533. The van der Waals surface area contributed by atoms with Gasteiger partial charge in [0.2, 0.25) is 10.0 Å². The number of rotatable bonds is 9. The summed E-state index contributed by atoms with van der Waals surface area (Å²) in [5.74, 6) is 2.66. The average Bonchev–Trinajstić information content (AvgIpc) is 3.32. The predicted molar refractivity (Wildman–Crippen MR) is 149 cm³/mol. The number of hydrogen-bond acceptors (Lipinski definition) is 8. The maximum Gasteiger partial charge on any atom is 0.229 e. The molecule has 2 aromatic carbocycles. The SMILES string of the molecule is CC.CCOc1cc2nc(C)nc(NCc3ccc(-c4cccc(NS(C)(=O)=O)c4)s3)c2cc1OC. The molecule has 0 aliphatic carbocycles. The number of aryl methyl sites for hydroxylation is 1. The zero-order valence-electron chi connectivity index (χ0n) is 21.4. The monoisotopic (exact) mass is 528 g/mol. The minimum atomic E-state index is -3.33. The largest absolute Gasteiger partial charge is 0.493 e. The second-order valence-electron chi connectivity index (χ2n) is 7.65. The molecular weight excluding hydrogens is 496 g/mol. The maximum atomic E-state index is 11.5. The normalized spacial score (nSPS) is 10.9. The summed E-state index contributed by atoms with van der Waals surface area (Å²) < 4.78 is 36.8. The molecule has 0 unspecified atom stereocenters. The van der Waals surface area contributed by atoms with Crippen LogP contribution in [0, 0.1) is 6.92 Å². The molecule has 4 aromatic rings. The number of thiophene rings is 1. The van der Waals surface area contributed by atoms with Crippen molar-refractivity contribution in [3.05, 3.63) is 59.2 Å². The Balaban J connectivity index is 0.00000176. The van der Waals surface area contributed by atoms with Gasteiger partial charge in [-0.3, -0.25) is 4.72 Å². The highest BCUT2D eigenvalue weighted by atomic mass is 32.2. The van der Waals surface area contributed by atoms with Gasteiger partial charge in [-0.2, -0.15) is 0 Å². The van der Waals surface area contributed by atoms with Crippen LogP contribution in [0.2, 0.25) is 0 Å². The molecule has 192 valence electrons. The van der Waals surface area contributed by atoms with Crippen molar-refractivity contribution in [2.24, 2.45) is 0 Å². The summed E-state index contributed by atoms with van der Waals surface area (Å²) in [4.78, 5) is 11.3. The first kappa shape index (κ1) is 27.2. The van der Waals surface area contributed by atoms with Crippen LogP contribution >= 0.6 is 11.3 Å². The molecule has 36 heavy (non-hydrogen) atoms. The van der Waals surface area contributed by atoms with Gasteiger partial charge in [0.05, 0.1) is 32.0 Å². The molecule has 8 nitrogen and oxygen atoms in total. The van der Waals surface area contributed by atoms with E-state index < -0.39 is 10.0 Å². The molecule has 10 heteroatoms. The van der Waals surface area contributed by atoms with E-state index in [1.165, 1.54) is 0 Å². The van der Waals surface area contributed by atoms with Crippen molar-refractivity contribution in [3.8, 4) is 21.9 Å². The highest BCUT2D eigenvalue weighted by Crippen LogP contribution is 2.35.